The summed E-state index contributed by atoms with van der Waals surface area (Å²) in [7, 11) is 2.22. The van der Waals surface area contributed by atoms with Crippen molar-refractivity contribution in [2.24, 2.45) is 11.8 Å². The fourth-order valence-electron chi connectivity index (χ4n) is 4.44. The van der Waals surface area contributed by atoms with E-state index in [-0.39, 0.29) is 6.03 Å². The largest absolute Gasteiger partial charge is 0.344 e. The van der Waals surface area contributed by atoms with Gasteiger partial charge in [0.15, 0.2) is 0 Å². The molecule has 1 aliphatic carbocycles. The summed E-state index contributed by atoms with van der Waals surface area (Å²) in [4.78, 5) is 16.9. The van der Waals surface area contributed by atoms with Crippen LogP contribution in [0.4, 0.5) is 4.79 Å². The SMILES string of the molecule is Cc1ccc(CN(C)[C@H]2C[C@@H]3CN(C(=O)n4cc(Cl)cn4)C[C@@H]3C2)cc1. The van der Waals surface area contributed by atoms with Gasteiger partial charge in [-0.2, -0.15) is 9.78 Å². The fraction of sp³-hybridized carbons (Fsp3) is 0.500. The summed E-state index contributed by atoms with van der Waals surface area (Å²) >= 11 is 5.88. The highest BCUT2D eigenvalue weighted by molar-refractivity contribution is 6.30. The van der Waals surface area contributed by atoms with Crippen molar-refractivity contribution >= 4 is 17.6 Å². The van der Waals surface area contributed by atoms with Crippen LogP contribution in [0, 0.1) is 18.8 Å². The molecule has 3 atom stereocenters. The van der Waals surface area contributed by atoms with Crippen molar-refractivity contribution in [1.82, 2.24) is 19.6 Å². The Morgan fingerprint density at radius 2 is 1.88 bits per heavy atom. The molecule has 4 rings (SSSR count). The van der Waals surface area contributed by atoms with Crippen LogP contribution in [0.3, 0.4) is 0 Å². The minimum absolute atomic E-state index is 0.0594. The van der Waals surface area contributed by atoms with Gasteiger partial charge in [0.05, 0.1) is 17.4 Å². The zero-order chi connectivity index (χ0) is 18.3. The van der Waals surface area contributed by atoms with Crippen LogP contribution in [0.15, 0.2) is 36.7 Å². The van der Waals surface area contributed by atoms with E-state index in [1.54, 1.807) is 6.20 Å². The molecule has 0 spiro atoms. The van der Waals surface area contributed by atoms with Crippen molar-refractivity contribution in [3.8, 4) is 0 Å². The van der Waals surface area contributed by atoms with Gasteiger partial charge in [-0.05, 0) is 44.2 Å². The van der Waals surface area contributed by atoms with E-state index in [4.69, 9.17) is 11.6 Å². The summed E-state index contributed by atoms with van der Waals surface area (Å²) in [5, 5.41) is 4.53. The highest BCUT2D eigenvalue weighted by Gasteiger charge is 2.43. The molecule has 1 saturated carbocycles. The average molecular weight is 373 g/mol. The molecular weight excluding hydrogens is 348 g/mol. The average Bonchev–Trinajstić information content (AvgIpc) is 3.30. The molecule has 0 bridgehead atoms. The third-order valence-corrected chi connectivity index (χ3v) is 6.11. The second-order valence-electron chi connectivity index (χ2n) is 7.84. The van der Waals surface area contributed by atoms with E-state index in [0.29, 0.717) is 22.9 Å². The molecule has 1 amide bonds. The number of aromatic nitrogens is 2. The summed E-state index contributed by atoms with van der Waals surface area (Å²) in [5.41, 5.74) is 2.66. The van der Waals surface area contributed by atoms with Gasteiger partial charge in [0.1, 0.15) is 0 Å². The van der Waals surface area contributed by atoms with Gasteiger partial charge in [-0.1, -0.05) is 41.4 Å². The maximum absolute atomic E-state index is 12.5. The topological polar surface area (TPSA) is 41.4 Å². The molecule has 5 nitrogen and oxygen atoms in total. The third kappa shape index (κ3) is 3.51. The number of rotatable bonds is 3. The molecule has 2 heterocycles. The fourth-order valence-corrected chi connectivity index (χ4v) is 4.58. The van der Waals surface area contributed by atoms with E-state index in [1.807, 2.05) is 4.90 Å². The predicted octanol–water partition coefficient (Wildman–Crippen LogP) is 3.66. The quantitative estimate of drug-likeness (QED) is 0.825. The zero-order valence-electron chi connectivity index (χ0n) is 15.3. The van der Waals surface area contributed by atoms with Gasteiger partial charge < -0.3 is 4.90 Å². The van der Waals surface area contributed by atoms with Crippen LogP contribution in [0.5, 0.6) is 0 Å². The number of nitrogens with zero attached hydrogens (tertiary/aromatic N) is 4. The normalized spacial score (nSPS) is 25.1. The van der Waals surface area contributed by atoms with Gasteiger partial charge in [-0.15, -0.1) is 0 Å². The first-order valence-corrected chi connectivity index (χ1v) is 9.62. The summed E-state index contributed by atoms with van der Waals surface area (Å²) in [5.74, 6) is 1.19. The van der Waals surface area contributed by atoms with Gasteiger partial charge in [-0.3, -0.25) is 4.90 Å². The van der Waals surface area contributed by atoms with Crippen molar-refractivity contribution in [3.05, 3.63) is 52.8 Å². The zero-order valence-corrected chi connectivity index (χ0v) is 16.1. The van der Waals surface area contributed by atoms with Crippen molar-refractivity contribution in [1.29, 1.82) is 0 Å². The third-order valence-electron chi connectivity index (χ3n) is 5.92. The van der Waals surface area contributed by atoms with Crippen molar-refractivity contribution in [3.63, 3.8) is 0 Å². The molecule has 1 aliphatic heterocycles. The number of amides is 1. The molecule has 2 fully saturated rings. The number of hydrogen-bond acceptors (Lipinski definition) is 3. The number of aryl methyl sites for hydroxylation is 1. The summed E-state index contributed by atoms with van der Waals surface area (Å²) in [6, 6.07) is 9.34. The lowest BCUT2D eigenvalue weighted by Gasteiger charge is -2.26. The van der Waals surface area contributed by atoms with Gasteiger partial charge in [0, 0.05) is 25.7 Å². The monoisotopic (exact) mass is 372 g/mol. The van der Waals surface area contributed by atoms with Gasteiger partial charge in [-0.25, -0.2) is 4.79 Å². The molecule has 26 heavy (non-hydrogen) atoms. The van der Waals surface area contributed by atoms with E-state index in [2.05, 4.69) is 48.2 Å². The van der Waals surface area contributed by atoms with Crippen LogP contribution < -0.4 is 0 Å². The Kier molecular flexibility index (Phi) is 4.76. The van der Waals surface area contributed by atoms with Gasteiger partial charge >= 0.3 is 6.03 Å². The van der Waals surface area contributed by atoms with Gasteiger partial charge in [0.2, 0.25) is 0 Å². The standard InChI is InChI=1S/C20H25ClN4O/c1-14-3-5-15(6-4-14)10-23(2)19-7-16-11-24(12-17(16)8-19)20(26)25-13-18(21)9-22-25/h3-6,9,13,16-17,19H,7-8,10-12H2,1-2H3/t16-,17+,19+. The molecule has 1 saturated heterocycles. The Labute approximate surface area is 159 Å². The van der Waals surface area contributed by atoms with E-state index in [9.17, 15) is 4.79 Å². The molecule has 2 aliphatic rings. The van der Waals surface area contributed by atoms with E-state index in [0.717, 1.165) is 32.5 Å². The minimum Gasteiger partial charge on any atom is -0.322 e. The van der Waals surface area contributed by atoms with Crippen LogP contribution in [0.25, 0.3) is 0 Å². The number of halogens is 1. The Bertz CT molecular complexity index is 773. The molecule has 0 radical (unpaired) electrons. The van der Waals surface area contributed by atoms with Crippen LogP contribution >= 0.6 is 11.6 Å². The lowest BCUT2D eigenvalue weighted by Crippen LogP contribution is -2.36. The predicted molar refractivity (Wildman–Crippen MR) is 102 cm³/mol. The molecule has 2 aromatic rings. The molecule has 1 aromatic heterocycles. The number of carbonyl (C=O) groups excluding carboxylic acids is 1. The van der Waals surface area contributed by atoms with Crippen molar-refractivity contribution < 1.29 is 4.79 Å². The number of benzene rings is 1. The number of likely N-dealkylation sites (tertiary alicyclic amines) is 1. The Hall–Kier alpha value is -1.85. The molecule has 6 heteroatoms. The van der Waals surface area contributed by atoms with Crippen LogP contribution in [0.1, 0.15) is 24.0 Å². The first-order valence-electron chi connectivity index (χ1n) is 9.25. The first kappa shape index (κ1) is 17.6. The number of carbonyl (C=O) groups is 1. The highest BCUT2D eigenvalue weighted by atomic mass is 35.5. The molecule has 138 valence electrons. The van der Waals surface area contributed by atoms with E-state index in [1.165, 1.54) is 22.0 Å². The second-order valence-corrected chi connectivity index (χ2v) is 8.27. The van der Waals surface area contributed by atoms with E-state index < -0.39 is 0 Å². The molecule has 0 unspecified atom stereocenters. The van der Waals surface area contributed by atoms with E-state index >= 15 is 0 Å². The van der Waals surface area contributed by atoms with Gasteiger partial charge in [0.25, 0.3) is 0 Å². The Morgan fingerprint density at radius 1 is 1.23 bits per heavy atom. The molecule has 1 aromatic carbocycles. The molecule has 0 N–H and O–H groups in total. The summed E-state index contributed by atoms with van der Waals surface area (Å²) in [6.07, 6.45) is 5.41. The van der Waals surface area contributed by atoms with Crippen molar-refractivity contribution in [2.45, 2.75) is 32.4 Å². The lowest BCUT2D eigenvalue weighted by molar-refractivity contribution is 0.192. The Balaban J connectivity index is 1.33. The highest BCUT2D eigenvalue weighted by Crippen LogP contribution is 2.40. The number of hydrogen-bond donors (Lipinski definition) is 0. The summed E-state index contributed by atoms with van der Waals surface area (Å²) in [6.45, 7) is 4.76. The minimum atomic E-state index is -0.0594. The first-order chi connectivity index (χ1) is 12.5. The van der Waals surface area contributed by atoms with Crippen molar-refractivity contribution in [2.75, 3.05) is 20.1 Å². The van der Waals surface area contributed by atoms with Crippen LogP contribution in [0.2, 0.25) is 5.02 Å². The Morgan fingerprint density at radius 3 is 2.46 bits per heavy atom. The number of fused-ring (bicyclic) bond motifs is 1. The maximum atomic E-state index is 12.5. The lowest BCUT2D eigenvalue weighted by atomic mass is 10.0. The summed E-state index contributed by atoms with van der Waals surface area (Å²) < 4.78 is 1.35. The van der Waals surface area contributed by atoms with Crippen LogP contribution in [-0.4, -0.2) is 51.8 Å². The second kappa shape index (κ2) is 7.05. The molecular formula is C20H25ClN4O. The van der Waals surface area contributed by atoms with Crippen LogP contribution in [-0.2, 0) is 6.54 Å². The smallest absolute Gasteiger partial charge is 0.322 e. The maximum Gasteiger partial charge on any atom is 0.344 e.